The van der Waals surface area contributed by atoms with Crippen LogP contribution in [0.2, 0.25) is 0 Å². The third kappa shape index (κ3) is 3.66. The van der Waals surface area contributed by atoms with Gasteiger partial charge in [-0.05, 0) is 24.6 Å². The molecular formula is C12H11F6NO2. The average molecular weight is 315 g/mol. The molecule has 9 heteroatoms. The molecule has 0 fully saturated rings. The zero-order chi connectivity index (χ0) is 16.4. The van der Waals surface area contributed by atoms with Crippen LogP contribution in [0.3, 0.4) is 0 Å². The zero-order valence-corrected chi connectivity index (χ0v) is 10.7. The zero-order valence-electron chi connectivity index (χ0n) is 10.7. The lowest BCUT2D eigenvalue weighted by Crippen LogP contribution is -2.41. The minimum atomic E-state index is -4.96. The quantitative estimate of drug-likeness (QED) is 0.686. The predicted octanol–water partition coefficient (Wildman–Crippen LogP) is 3.04. The summed E-state index contributed by atoms with van der Waals surface area (Å²) < 4.78 is 81.7. The molecule has 0 saturated carbocycles. The molecule has 2 N–H and O–H groups in total. The van der Waals surface area contributed by atoms with E-state index in [2.05, 4.69) is 4.74 Å². The average Bonchev–Trinajstić information content (AvgIpc) is 2.36. The normalized spacial score (nSPS) is 13.9. The van der Waals surface area contributed by atoms with Gasteiger partial charge in [0.1, 0.15) is 11.9 Å². The van der Waals surface area contributed by atoms with Gasteiger partial charge in [-0.25, -0.2) is 9.18 Å². The lowest BCUT2D eigenvalue weighted by molar-refractivity contribution is -0.174. The Morgan fingerprint density at radius 1 is 1.29 bits per heavy atom. The number of benzene rings is 1. The highest BCUT2D eigenvalue weighted by atomic mass is 19.4. The van der Waals surface area contributed by atoms with Crippen molar-refractivity contribution >= 4 is 5.97 Å². The maximum atomic E-state index is 13.6. The van der Waals surface area contributed by atoms with Crippen LogP contribution in [0, 0.1) is 5.82 Å². The monoisotopic (exact) mass is 315 g/mol. The van der Waals surface area contributed by atoms with Crippen molar-refractivity contribution in [3.63, 3.8) is 0 Å². The van der Waals surface area contributed by atoms with Crippen LogP contribution in [-0.2, 0) is 15.7 Å². The molecule has 1 aromatic rings. The first kappa shape index (κ1) is 17.3. The van der Waals surface area contributed by atoms with Crippen molar-refractivity contribution < 1.29 is 35.9 Å². The Bertz CT molecular complexity index is 529. The number of esters is 1. The van der Waals surface area contributed by atoms with Crippen molar-refractivity contribution in [2.75, 3.05) is 6.61 Å². The first-order chi connectivity index (χ1) is 9.51. The molecule has 1 atom stereocenters. The fraction of sp³-hybridized carbons (Fsp3) is 0.417. The highest BCUT2D eigenvalue weighted by Gasteiger charge is 2.48. The first-order valence-corrected chi connectivity index (χ1v) is 5.69. The van der Waals surface area contributed by atoms with E-state index in [1.54, 1.807) is 0 Å². The van der Waals surface area contributed by atoms with Gasteiger partial charge in [-0.3, -0.25) is 0 Å². The molecule has 0 unspecified atom stereocenters. The second-order valence-electron chi connectivity index (χ2n) is 4.06. The van der Waals surface area contributed by atoms with E-state index in [0.29, 0.717) is 6.07 Å². The Morgan fingerprint density at radius 2 is 1.86 bits per heavy atom. The Labute approximate surface area is 115 Å². The van der Waals surface area contributed by atoms with Gasteiger partial charge in [-0.1, -0.05) is 6.07 Å². The number of carbonyl (C=O) groups excluding carboxylic acids is 1. The molecule has 0 aliphatic heterocycles. The fourth-order valence-electron chi connectivity index (χ4n) is 1.52. The largest absolute Gasteiger partial charge is 0.462 e. The summed E-state index contributed by atoms with van der Waals surface area (Å²) >= 11 is 0. The van der Waals surface area contributed by atoms with E-state index in [0.717, 1.165) is 0 Å². The Balaban J connectivity index is 3.12. The lowest BCUT2D eigenvalue weighted by Gasteiger charge is -2.22. The molecule has 0 bridgehead atoms. The Hall–Kier alpha value is -1.77. The summed E-state index contributed by atoms with van der Waals surface area (Å²) in [4.78, 5) is 11.1. The number of carbonyl (C=O) groups is 1. The highest BCUT2D eigenvalue weighted by Crippen LogP contribution is 2.35. The van der Waals surface area contributed by atoms with Gasteiger partial charge < -0.3 is 10.5 Å². The molecule has 0 aliphatic carbocycles. The van der Waals surface area contributed by atoms with Crippen molar-refractivity contribution in [3.8, 4) is 0 Å². The summed E-state index contributed by atoms with van der Waals surface area (Å²) in [6.07, 6.45) is -4.96. The maximum absolute atomic E-state index is 13.6. The van der Waals surface area contributed by atoms with E-state index in [9.17, 15) is 31.1 Å². The summed E-state index contributed by atoms with van der Waals surface area (Å²) in [7, 11) is 0. The van der Waals surface area contributed by atoms with Crippen molar-refractivity contribution in [1.82, 2.24) is 0 Å². The number of ether oxygens (including phenoxy) is 1. The number of halogens is 6. The van der Waals surface area contributed by atoms with E-state index >= 15 is 0 Å². The van der Waals surface area contributed by atoms with Crippen molar-refractivity contribution in [1.29, 1.82) is 0 Å². The van der Waals surface area contributed by atoms with Crippen LogP contribution in [-0.4, -0.2) is 18.5 Å². The number of hydrogen-bond donors (Lipinski definition) is 1. The second kappa shape index (κ2) is 5.92. The second-order valence-corrected chi connectivity index (χ2v) is 4.06. The topological polar surface area (TPSA) is 52.3 Å². The number of hydrogen-bond acceptors (Lipinski definition) is 3. The van der Waals surface area contributed by atoms with Crippen LogP contribution in [0.25, 0.3) is 0 Å². The predicted molar refractivity (Wildman–Crippen MR) is 59.9 cm³/mol. The summed E-state index contributed by atoms with van der Waals surface area (Å²) in [6, 6.07) is -1.23. The van der Waals surface area contributed by atoms with Crippen molar-refractivity contribution in [2.24, 2.45) is 5.73 Å². The van der Waals surface area contributed by atoms with E-state index in [4.69, 9.17) is 5.73 Å². The van der Waals surface area contributed by atoms with Gasteiger partial charge in [0.15, 0.2) is 0 Å². The van der Waals surface area contributed by atoms with Crippen LogP contribution in [0.1, 0.15) is 24.1 Å². The molecule has 0 spiro atoms. The Morgan fingerprint density at radius 3 is 2.29 bits per heavy atom. The molecule has 1 rings (SSSR count). The molecule has 1 aromatic carbocycles. The minimum Gasteiger partial charge on any atom is -0.462 e. The summed E-state index contributed by atoms with van der Waals surface area (Å²) in [5, 5.41) is 0. The van der Waals surface area contributed by atoms with Gasteiger partial charge in [0.25, 0.3) is 0 Å². The van der Waals surface area contributed by atoms with Crippen LogP contribution in [0.5, 0.6) is 0 Å². The smallest absolute Gasteiger partial charge is 0.419 e. The molecule has 0 heterocycles. The van der Waals surface area contributed by atoms with Crippen LogP contribution in [0.4, 0.5) is 26.3 Å². The lowest BCUT2D eigenvalue weighted by atomic mass is 9.99. The molecular weight excluding hydrogens is 304 g/mol. The molecule has 21 heavy (non-hydrogen) atoms. The van der Waals surface area contributed by atoms with E-state index in [-0.39, 0.29) is 18.7 Å². The number of alkyl halides is 5. The number of nitrogens with two attached hydrogens (primary N) is 1. The van der Waals surface area contributed by atoms with Gasteiger partial charge in [-0.2, -0.15) is 22.0 Å². The summed E-state index contributed by atoms with van der Waals surface area (Å²) in [5.41, 5.74) is 2.87. The molecule has 0 amide bonds. The minimum absolute atomic E-state index is 0.223. The SMILES string of the molecule is CCOC(=O)C(F)(F)[C@@H](N)c1ccc(C(F)(F)F)c(F)c1. The van der Waals surface area contributed by atoms with Gasteiger partial charge in [-0.15, -0.1) is 0 Å². The Kier molecular flexibility index (Phi) is 4.87. The molecule has 0 radical (unpaired) electrons. The van der Waals surface area contributed by atoms with Gasteiger partial charge >= 0.3 is 18.1 Å². The maximum Gasteiger partial charge on any atom is 0.419 e. The first-order valence-electron chi connectivity index (χ1n) is 5.69. The molecule has 3 nitrogen and oxygen atoms in total. The molecule has 118 valence electrons. The highest BCUT2D eigenvalue weighted by molar-refractivity contribution is 5.78. The molecule has 0 saturated heterocycles. The van der Waals surface area contributed by atoms with Gasteiger partial charge in [0, 0.05) is 0 Å². The van der Waals surface area contributed by atoms with Crippen LogP contribution >= 0.6 is 0 Å². The molecule has 0 aliphatic rings. The van der Waals surface area contributed by atoms with E-state index in [1.807, 2.05) is 0 Å². The van der Waals surface area contributed by atoms with Gasteiger partial charge in [0.05, 0.1) is 12.2 Å². The third-order valence-electron chi connectivity index (χ3n) is 2.60. The number of rotatable bonds is 4. The van der Waals surface area contributed by atoms with Crippen molar-refractivity contribution in [3.05, 3.63) is 35.1 Å². The fourth-order valence-corrected chi connectivity index (χ4v) is 1.52. The molecule has 0 aromatic heterocycles. The summed E-state index contributed by atoms with van der Waals surface area (Å²) in [5.74, 6) is -7.88. The van der Waals surface area contributed by atoms with Crippen LogP contribution < -0.4 is 5.73 Å². The third-order valence-corrected chi connectivity index (χ3v) is 2.60. The standard InChI is InChI=1S/C12H11F6NO2/c1-2-21-10(20)11(14,15)9(19)6-3-4-7(8(13)5-6)12(16,17)18/h3-5,9H,2,19H2,1H3/t9-/m0/s1. The summed E-state index contributed by atoms with van der Waals surface area (Å²) in [6.45, 7) is 0.958. The van der Waals surface area contributed by atoms with Crippen molar-refractivity contribution in [2.45, 2.75) is 25.1 Å². The van der Waals surface area contributed by atoms with Gasteiger partial charge in [0.2, 0.25) is 0 Å². The van der Waals surface area contributed by atoms with E-state index in [1.165, 1.54) is 6.92 Å². The van der Waals surface area contributed by atoms with E-state index < -0.39 is 41.1 Å². The van der Waals surface area contributed by atoms with Crippen LogP contribution in [0.15, 0.2) is 18.2 Å².